The molecule has 0 spiro atoms. The normalized spacial score (nSPS) is 16.4. The van der Waals surface area contributed by atoms with Crippen molar-refractivity contribution in [2.24, 2.45) is 5.92 Å². The third-order valence-electron chi connectivity index (χ3n) is 9.54. The van der Waals surface area contributed by atoms with Gasteiger partial charge in [0, 0.05) is 0 Å². The van der Waals surface area contributed by atoms with Gasteiger partial charge in [0.1, 0.15) is 0 Å². The van der Waals surface area contributed by atoms with Crippen molar-refractivity contribution in [1.82, 2.24) is 0 Å². The van der Waals surface area contributed by atoms with Gasteiger partial charge < -0.3 is 0 Å². The molecule has 0 aromatic heterocycles. The van der Waals surface area contributed by atoms with Crippen LogP contribution >= 0.6 is 17.0 Å². The Labute approximate surface area is 266 Å². The van der Waals surface area contributed by atoms with Gasteiger partial charge >= 0.3 is 269 Å². The molecule has 42 heavy (non-hydrogen) atoms. The van der Waals surface area contributed by atoms with E-state index in [-0.39, 0.29) is 3.63 Å². The summed E-state index contributed by atoms with van der Waals surface area (Å²) in [6, 6.07) is 27.7. The van der Waals surface area contributed by atoms with Gasteiger partial charge in [-0.2, -0.15) is 0 Å². The van der Waals surface area contributed by atoms with E-state index in [1.807, 2.05) is 0 Å². The average Bonchev–Trinajstić information content (AvgIpc) is 3.55. The van der Waals surface area contributed by atoms with Crippen LogP contribution in [0.15, 0.2) is 78.4 Å². The molecule has 0 saturated heterocycles. The van der Waals surface area contributed by atoms with E-state index in [0.29, 0.717) is 17.8 Å². The minimum atomic E-state index is -4.01. The zero-order chi connectivity index (χ0) is 29.9. The average molecular weight is 689 g/mol. The fourth-order valence-corrected chi connectivity index (χ4v) is 24.2. The van der Waals surface area contributed by atoms with Crippen LogP contribution in [-0.4, -0.2) is 9.52 Å². The van der Waals surface area contributed by atoms with Crippen LogP contribution in [0.1, 0.15) is 91.7 Å². The fourth-order valence-electron chi connectivity index (χ4n) is 7.17. The van der Waals surface area contributed by atoms with Crippen molar-refractivity contribution in [3.63, 3.8) is 0 Å². The second kappa shape index (κ2) is 11.7. The predicted molar refractivity (Wildman–Crippen MR) is 186 cm³/mol. The molecule has 1 unspecified atom stereocenters. The Bertz CT molecular complexity index is 1690. The quantitative estimate of drug-likeness (QED) is 0.150. The van der Waals surface area contributed by atoms with Crippen LogP contribution in [0, 0.1) is 5.92 Å². The van der Waals surface area contributed by atoms with E-state index in [1.165, 1.54) is 69.3 Å². The molecule has 1 heterocycles. The minimum absolute atomic E-state index is 0.101. The molecule has 0 amide bonds. The Morgan fingerprint density at radius 1 is 0.762 bits per heavy atom. The molecule has 4 aromatic carbocycles. The number of allylic oxidation sites excluding steroid dienone is 1. The van der Waals surface area contributed by atoms with Crippen molar-refractivity contribution in [2.45, 2.75) is 70.3 Å². The Hall–Kier alpha value is -1.70. The molecule has 0 radical (unpaired) electrons. The van der Waals surface area contributed by atoms with Gasteiger partial charge in [0.2, 0.25) is 0 Å². The first-order chi connectivity index (χ1) is 20.0. The third-order valence-corrected chi connectivity index (χ3v) is 23.8. The van der Waals surface area contributed by atoms with Crippen molar-refractivity contribution in [1.29, 1.82) is 0 Å². The van der Waals surface area contributed by atoms with Gasteiger partial charge in [-0.1, -0.05) is 0 Å². The van der Waals surface area contributed by atoms with Crippen molar-refractivity contribution in [2.75, 3.05) is 0 Å². The zero-order valence-electron chi connectivity index (χ0n) is 26.0. The van der Waals surface area contributed by atoms with E-state index in [9.17, 15) is 0 Å². The van der Waals surface area contributed by atoms with Crippen LogP contribution in [0.3, 0.4) is 0 Å². The molecule has 1 aliphatic carbocycles. The van der Waals surface area contributed by atoms with Gasteiger partial charge in [-0.05, 0) is 0 Å². The first-order valence-electron chi connectivity index (χ1n) is 15.6. The van der Waals surface area contributed by atoms with Crippen molar-refractivity contribution in [3.8, 4) is 22.3 Å². The number of fused-ring (bicyclic) bond motifs is 4. The van der Waals surface area contributed by atoms with E-state index in [2.05, 4.69) is 127 Å². The summed E-state index contributed by atoms with van der Waals surface area (Å²) in [7, 11) is 15.2. The van der Waals surface area contributed by atoms with Gasteiger partial charge in [0.15, 0.2) is 0 Å². The summed E-state index contributed by atoms with van der Waals surface area (Å²) in [6.07, 6.45) is 3.48. The van der Waals surface area contributed by atoms with Gasteiger partial charge in [-0.15, -0.1) is 0 Å². The first-order valence-corrected chi connectivity index (χ1v) is 26.0. The number of benzene rings is 4. The number of rotatable bonds is 7. The van der Waals surface area contributed by atoms with Crippen LogP contribution in [0.4, 0.5) is 0 Å². The third kappa shape index (κ3) is 5.09. The van der Waals surface area contributed by atoms with Crippen LogP contribution in [0.5, 0.6) is 0 Å². The standard InChI is InChI=1S/C26H33.C12H9Si.2ClH.Zr/c1-8-19-9-10-20-11-23(18(6)7)15-25(20)26(19)24-13-21(16(2)3)12-22(14-24)17(4)5;1-3-7-11-9(5-1)10-6-2-4-8-12(10)13-11;;;/h9-18H,8H2,1-7H3;1-7H,13H2;2*1H;/q;;;;+2/p-2. The predicted octanol–water partition coefficient (Wildman–Crippen LogP) is 9.14. The van der Waals surface area contributed by atoms with Crippen molar-refractivity contribution < 1.29 is 17.9 Å². The zero-order valence-corrected chi connectivity index (χ0v) is 31.4. The van der Waals surface area contributed by atoms with E-state index < -0.39 is 27.4 Å². The Kier molecular flexibility index (Phi) is 8.42. The molecule has 0 nitrogen and oxygen atoms in total. The summed E-state index contributed by atoms with van der Waals surface area (Å²) >= 11 is -4.01. The maximum atomic E-state index is 7.92. The van der Waals surface area contributed by atoms with Gasteiger partial charge in [0.25, 0.3) is 0 Å². The number of hydrogen-bond acceptors (Lipinski definition) is 0. The molecule has 0 saturated carbocycles. The van der Waals surface area contributed by atoms with E-state index >= 15 is 0 Å². The van der Waals surface area contributed by atoms with E-state index in [0.717, 1.165) is 6.42 Å². The Balaban J connectivity index is 1.56. The van der Waals surface area contributed by atoms with Crippen LogP contribution < -0.4 is 13.6 Å². The Morgan fingerprint density at radius 3 is 2.07 bits per heavy atom. The molecular formula is C38H42Cl2SiZr. The summed E-state index contributed by atoms with van der Waals surface area (Å²) in [5.74, 6) is 1.32. The molecule has 216 valence electrons. The fraction of sp³-hybridized carbons (Fsp3) is 0.316. The summed E-state index contributed by atoms with van der Waals surface area (Å²) < 4.78 is 1.41. The van der Waals surface area contributed by atoms with Crippen molar-refractivity contribution in [3.05, 3.63) is 106 Å². The Morgan fingerprint density at radius 2 is 1.43 bits per heavy atom. The molecular weight excluding hydrogens is 647 g/mol. The number of aryl methyl sites for hydroxylation is 1. The molecule has 0 fully saturated rings. The summed E-state index contributed by atoms with van der Waals surface area (Å²) in [6.45, 7) is 16.1. The van der Waals surface area contributed by atoms with Gasteiger partial charge in [-0.3, -0.25) is 0 Å². The first kappa shape index (κ1) is 30.3. The van der Waals surface area contributed by atoms with Gasteiger partial charge in [-0.25, -0.2) is 0 Å². The van der Waals surface area contributed by atoms with Crippen molar-refractivity contribution >= 4 is 46.3 Å². The molecule has 6 rings (SSSR count). The molecule has 4 heteroatoms. The number of halogens is 2. The van der Waals surface area contributed by atoms with Crippen LogP contribution in [0.25, 0.3) is 28.3 Å². The molecule has 2 aliphatic rings. The second-order valence-corrected chi connectivity index (χ2v) is 29.0. The molecule has 0 N–H and O–H groups in total. The summed E-state index contributed by atoms with van der Waals surface area (Å²) in [4.78, 5) is 0. The SMILES string of the molecule is CCc1ccc2c(c1-c1cc(C(C)C)cc(C(C)C)c1)C=C(C(C)C)[CH]2[Zr]([Cl])([Cl])[c]1cccc2c1[SiH2]c1ccccc1-2. The van der Waals surface area contributed by atoms with E-state index in [4.69, 9.17) is 17.0 Å². The summed E-state index contributed by atoms with van der Waals surface area (Å²) in [5, 5.41) is 3.01. The van der Waals surface area contributed by atoms with Crippen LogP contribution in [-0.2, 0) is 24.3 Å². The van der Waals surface area contributed by atoms with Gasteiger partial charge in [0.05, 0.1) is 0 Å². The maximum absolute atomic E-state index is 7.92. The second-order valence-electron chi connectivity index (χ2n) is 13.2. The van der Waals surface area contributed by atoms with Crippen LogP contribution in [0.2, 0.25) is 0 Å². The molecule has 1 aliphatic heterocycles. The monoisotopic (exact) mass is 686 g/mol. The molecule has 4 aromatic rings. The molecule has 0 bridgehead atoms. The van der Waals surface area contributed by atoms with E-state index in [1.54, 1.807) is 0 Å². The summed E-state index contributed by atoms with van der Waals surface area (Å²) in [5.41, 5.74) is 13.8. The molecule has 1 atom stereocenters. The topological polar surface area (TPSA) is 0 Å². The number of hydrogen-bond donors (Lipinski definition) is 0.